The van der Waals surface area contributed by atoms with Crippen LogP contribution in [0.5, 0.6) is 11.5 Å². The molecule has 0 heterocycles. The predicted octanol–water partition coefficient (Wildman–Crippen LogP) is 6.85. The lowest BCUT2D eigenvalue weighted by atomic mass is 9.89. The number of carbonyl (C=O) groups is 2. The zero-order valence-corrected chi connectivity index (χ0v) is 18.2. The van der Waals surface area contributed by atoms with Crippen LogP contribution in [0.25, 0.3) is 0 Å². The highest BCUT2D eigenvalue weighted by Gasteiger charge is 2.14. The number of hydrogen-bond donors (Lipinski definition) is 0. The summed E-state index contributed by atoms with van der Waals surface area (Å²) in [6.07, 6.45) is 10.4. The van der Waals surface area contributed by atoms with E-state index in [1.807, 2.05) is 0 Å². The third-order valence-electron chi connectivity index (χ3n) is 4.59. The van der Waals surface area contributed by atoms with Crippen molar-refractivity contribution in [2.24, 2.45) is 5.41 Å². The van der Waals surface area contributed by atoms with E-state index in [4.69, 9.17) is 9.47 Å². The Balaban J connectivity index is 2.38. The molecule has 0 spiro atoms. The number of para-hydroxylation sites is 2. The normalized spacial score (nSPS) is 11.3. The van der Waals surface area contributed by atoms with Crippen LogP contribution >= 0.6 is 0 Å². The van der Waals surface area contributed by atoms with Crippen molar-refractivity contribution in [2.45, 2.75) is 98.3 Å². The Kier molecular flexibility index (Phi) is 11.5. The van der Waals surface area contributed by atoms with E-state index in [9.17, 15) is 9.59 Å². The van der Waals surface area contributed by atoms with Crippen molar-refractivity contribution >= 4 is 11.9 Å². The third-order valence-corrected chi connectivity index (χ3v) is 4.59. The Morgan fingerprint density at radius 1 is 0.750 bits per heavy atom. The van der Waals surface area contributed by atoms with Crippen LogP contribution in [0.4, 0.5) is 0 Å². The molecule has 0 N–H and O–H groups in total. The lowest BCUT2D eigenvalue weighted by Crippen LogP contribution is -2.12. The second kappa shape index (κ2) is 13.4. The monoisotopic (exact) mass is 390 g/mol. The highest BCUT2D eigenvalue weighted by atomic mass is 16.6. The van der Waals surface area contributed by atoms with Crippen LogP contribution in [0.2, 0.25) is 0 Å². The van der Waals surface area contributed by atoms with Crippen molar-refractivity contribution < 1.29 is 19.1 Å². The number of benzene rings is 1. The van der Waals surface area contributed by atoms with Crippen LogP contribution in [-0.2, 0) is 9.59 Å². The molecule has 1 rings (SSSR count). The molecule has 28 heavy (non-hydrogen) atoms. The highest BCUT2D eigenvalue weighted by molar-refractivity contribution is 5.76. The van der Waals surface area contributed by atoms with Crippen molar-refractivity contribution in [1.29, 1.82) is 0 Å². The lowest BCUT2D eigenvalue weighted by molar-refractivity contribution is -0.137. The molecule has 0 aliphatic rings. The Bertz CT molecular complexity index is 587. The van der Waals surface area contributed by atoms with Crippen molar-refractivity contribution in [1.82, 2.24) is 0 Å². The fourth-order valence-corrected chi connectivity index (χ4v) is 2.94. The lowest BCUT2D eigenvalue weighted by Gasteiger charge is -2.17. The zero-order valence-electron chi connectivity index (χ0n) is 18.2. The van der Waals surface area contributed by atoms with Gasteiger partial charge in [-0.25, -0.2) is 0 Å². The molecule has 0 bridgehead atoms. The van der Waals surface area contributed by atoms with Crippen LogP contribution in [0.1, 0.15) is 98.3 Å². The van der Waals surface area contributed by atoms with E-state index < -0.39 is 0 Å². The summed E-state index contributed by atoms with van der Waals surface area (Å²) in [7, 11) is 0. The maximum Gasteiger partial charge on any atom is 0.311 e. The summed E-state index contributed by atoms with van der Waals surface area (Å²) >= 11 is 0. The van der Waals surface area contributed by atoms with E-state index in [0.717, 1.165) is 38.5 Å². The molecule has 0 atom stereocenters. The van der Waals surface area contributed by atoms with Gasteiger partial charge in [0.15, 0.2) is 11.5 Å². The molecule has 0 aliphatic heterocycles. The van der Waals surface area contributed by atoms with Crippen molar-refractivity contribution in [3.8, 4) is 11.5 Å². The molecule has 0 aliphatic carbocycles. The average molecular weight is 391 g/mol. The van der Waals surface area contributed by atoms with Gasteiger partial charge in [0.25, 0.3) is 0 Å². The van der Waals surface area contributed by atoms with Gasteiger partial charge < -0.3 is 9.47 Å². The van der Waals surface area contributed by atoms with Crippen LogP contribution in [0.3, 0.4) is 0 Å². The van der Waals surface area contributed by atoms with Gasteiger partial charge in [-0.1, -0.05) is 78.4 Å². The third kappa shape index (κ3) is 11.8. The smallest absolute Gasteiger partial charge is 0.311 e. The van der Waals surface area contributed by atoms with Gasteiger partial charge in [-0.05, 0) is 36.8 Å². The molecule has 4 heteroatoms. The molecule has 4 nitrogen and oxygen atoms in total. The van der Waals surface area contributed by atoms with Crippen LogP contribution in [0, 0.1) is 5.41 Å². The Morgan fingerprint density at radius 2 is 1.21 bits per heavy atom. The first-order valence-electron chi connectivity index (χ1n) is 10.8. The fraction of sp³-hybridized carbons (Fsp3) is 0.667. The molecule has 0 saturated carbocycles. The number of unbranched alkanes of at least 4 members (excludes halogenated alkanes) is 6. The fourth-order valence-electron chi connectivity index (χ4n) is 2.94. The minimum atomic E-state index is -0.284. The van der Waals surface area contributed by atoms with E-state index in [0.29, 0.717) is 24.3 Å². The minimum absolute atomic E-state index is 0.274. The summed E-state index contributed by atoms with van der Waals surface area (Å²) in [4.78, 5) is 24.2. The standard InChI is InChI=1S/C24H38O4/c1-5-6-7-8-9-10-17-22(25)27-20-15-11-12-16-21(20)28-23(26)18-13-14-19-24(2,3)4/h11-12,15-16H,5-10,13-14,17-19H2,1-4H3. The number of rotatable bonds is 13. The molecule has 0 saturated heterocycles. The molecule has 0 amide bonds. The number of esters is 2. The van der Waals surface area contributed by atoms with Crippen molar-refractivity contribution in [3.05, 3.63) is 24.3 Å². The van der Waals surface area contributed by atoms with Gasteiger partial charge in [-0.15, -0.1) is 0 Å². The van der Waals surface area contributed by atoms with Crippen LogP contribution in [0.15, 0.2) is 24.3 Å². The number of hydrogen-bond acceptors (Lipinski definition) is 4. The summed E-state index contributed by atoms with van der Waals surface area (Å²) in [5, 5.41) is 0. The van der Waals surface area contributed by atoms with E-state index in [-0.39, 0.29) is 17.4 Å². The molecule has 1 aromatic carbocycles. The first-order valence-corrected chi connectivity index (χ1v) is 10.8. The molecule has 0 aromatic heterocycles. The summed E-state index contributed by atoms with van der Waals surface area (Å²) in [6.45, 7) is 8.77. The van der Waals surface area contributed by atoms with Crippen molar-refractivity contribution in [2.75, 3.05) is 0 Å². The molecule has 0 fully saturated rings. The average Bonchev–Trinajstić information content (AvgIpc) is 2.62. The molecule has 1 aromatic rings. The van der Waals surface area contributed by atoms with Crippen LogP contribution in [-0.4, -0.2) is 11.9 Å². The van der Waals surface area contributed by atoms with Gasteiger partial charge in [-0.2, -0.15) is 0 Å². The largest absolute Gasteiger partial charge is 0.423 e. The van der Waals surface area contributed by atoms with E-state index in [2.05, 4.69) is 27.7 Å². The van der Waals surface area contributed by atoms with Gasteiger partial charge in [0.2, 0.25) is 0 Å². The van der Waals surface area contributed by atoms with Gasteiger partial charge in [-0.3, -0.25) is 9.59 Å². The summed E-state index contributed by atoms with van der Waals surface area (Å²) in [6, 6.07) is 6.88. The summed E-state index contributed by atoms with van der Waals surface area (Å²) in [5.41, 5.74) is 0.278. The van der Waals surface area contributed by atoms with Gasteiger partial charge in [0, 0.05) is 12.8 Å². The quantitative estimate of drug-likeness (QED) is 0.210. The zero-order chi connectivity index (χ0) is 20.8. The Hall–Kier alpha value is -1.84. The van der Waals surface area contributed by atoms with E-state index >= 15 is 0 Å². The Labute approximate surface area is 171 Å². The maximum absolute atomic E-state index is 12.1. The second-order valence-electron chi connectivity index (χ2n) is 8.68. The number of ether oxygens (including phenoxy) is 2. The number of carbonyl (C=O) groups excluding carboxylic acids is 2. The SMILES string of the molecule is CCCCCCCCC(=O)Oc1ccccc1OC(=O)CCCCC(C)(C)C. The maximum atomic E-state index is 12.1. The van der Waals surface area contributed by atoms with Gasteiger partial charge >= 0.3 is 11.9 Å². The van der Waals surface area contributed by atoms with Crippen LogP contribution < -0.4 is 9.47 Å². The molecular formula is C24H38O4. The Morgan fingerprint density at radius 3 is 1.71 bits per heavy atom. The van der Waals surface area contributed by atoms with E-state index in [1.165, 1.54) is 19.3 Å². The molecule has 0 radical (unpaired) electrons. The summed E-state index contributed by atoms with van der Waals surface area (Å²) in [5.74, 6) is 0.0821. The van der Waals surface area contributed by atoms with Gasteiger partial charge in [0.05, 0.1) is 0 Å². The molecule has 158 valence electrons. The first kappa shape index (κ1) is 24.2. The predicted molar refractivity (Wildman–Crippen MR) is 114 cm³/mol. The summed E-state index contributed by atoms with van der Waals surface area (Å²) < 4.78 is 10.9. The topological polar surface area (TPSA) is 52.6 Å². The highest BCUT2D eigenvalue weighted by Crippen LogP contribution is 2.28. The van der Waals surface area contributed by atoms with Crippen molar-refractivity contribution in [3.63, 3.8) is 0 Å². The molecule has 0 unspecified atom stereocenters. The van der Waals surface area contributed by atoms with E-state index in [1.54, 1.807) is 24.3 Å². The molecular weight excluding hydrogens is 352 g/mol. The minimum Gasteiger partial charge on any atom is -0.423 e. The van der Waals surface area contributed by atoms with Gasteiger partial charge in [0.1, 0.15) is 0 Å². The second-order valence-corrected chi connectivity index (χ2v) is 8.68. The first-order chi connectivity index (χ1) is 13.3.